The lowest BCUT2D eigenvalue weighted by Crippen LogP contribution is -2.07. The van der Waals surface area contributed by atoms with Crippen molar-refractivity contribution in [2.75, 3.05) is 13.7 Å². The van der Waals surface area contributed by atoms with Crippen LogP contribution in [0, 0.1) is 0 Å². The van der Waals surface area contributed by atoms with Crippen molar-refractivity contribution < 1.29 is 14.2 Å². The second-order valence-corrected chi connectivity index (χ2v) is 7.41. The zero-order chi connectivity index (χ0) is 22.1. The van der Waals surface area contributed by atoms with Gasteiger partial charge in [0.15, 0.2) is 11.5 Å². The van der Waals surface area contributed by atoms with Crippen LogP contribution in [0.1, 0.15) is 23.6 Å². The third-order valence-corrected chi connectivity index (χ3v) is 5.02. The molecule has 0 fully saturated rings. The Morgan fingerprint density at radius 3 is 2.52 bits per heavy atom. The van der Waals surface area contributed by atoms with E-state index in [2.05, 4.69) is 10.5 Å². The van der Waals surface area contributed by atoms with E-state index < -0.39 is 0 Å². The number of methoxy groups -OCH3 is 1. The number of nitrogens with zero attached hydrogens (tertiary/aromatic N) is 1. The molecule has 0 saturated heterocycles. The number of nitrogens with one attached hydrogen (secondary N) is 1. The minimum absolute atomic E-state index is 0.310. The molecule has 3 aromatic rings. The van der Waals surface area contributed by atoms with Crippen LogP contribution in [0.5, 0.6) is 17.2 Å². The standard InChI is InChI=1S/C24H24Cl2N2O3/c1-3-30-24-12-17(14-27-28-15-18-6-4-5-7-22(18)29-2)8-11-23(24)31-16-19-9-10-20(25)13-21(19)26/h4-14,28H,3,15-16H2,1-2H3/b27-14+. The number of halogens is 2. The summed E-state index contributed by atoms with van der Waals surface area (Å²) in [6.07, 6.45) is 1.73. The topological polar surface area (TPSA) is 52.1 Å². The van der Waals surface area contributed by atoms with Gasteiger partial charge < -0.3 is 19.6 Å². The number of hydrazone groups is 1. The van der Waals surface area contributed by atoms with Gasteiger partial charge in [0.1, 0.15) is 12.4 Å². The lowest BCUT2D eigenvalue weighted by Gasteiger charge is -2.13. The minimum Gasteiger partial charge on any atom is -0.496 e. The fraction of sp³-hybridized carbons (Fsp3) is 0.208. The van der Waals surface area contributed by atoms with Crippen LogP contribution in [0.15, 0.2) is 65.8 Å². The quantitative estimate of drug-likeness (QED) is 0.294. The zero-order valence-electron chi connectivity index (χ0n) is 17.4. The molecule has 0 spiro atoms. The van der Waals surface area contributed by atoms with Crippen LogP contribution in [-0.2, 0) is 13.2 Å². The molecule has 7 heteroatoms. The number of hydrogen-bond donors (Lipinski definition) is 1. The van der Waals surface area contributed by atoms with Crippen molar-refractivity contribution in [2.24, 2.45) is 5.10 Å². The summed E-state index contributed by atoms with van der Waals surface area (Å²) in [5.41, 5.74) is 5.80. The highest BCUT2D eigenvalue weighted by Crippen LogP contribution is 2.30. The average Bonchev–Trinajstić information content (AvgIpc) is 2.77. The molecule has 0 unspecified atom stereocenters. The van der Waals surface area contributed by atoms with E-state index in [0.29, 0.717) is 41.3 Å². The van der Waals surface area contributed by atoms with Gasteiger partial charge in [-0.15, -0.1) is 0 Å². The number of ether oxygens (including phenoxy) is 3. The molecule has 0 heterocycles. The predicted octanol–water partition coefficient (Wildman–Crippen LogP) is 6.10. The van der Waals surface area contributed by atoms with E-state index in [1.54, 1.807) is 25.5 Å². The summed E-state index contributed by atoms with van der Waals surface area (Å²) in [5, 5.41) is 5.45. The Balaban J connectivity index is 1.64. The molecule has 0 aliphatic carbocycles. The van der Waals surface area contributed by atoms with Crippen LogP contribution < -0.4 is 19.6 Å². The molecule has 0 aromatic heterocycles. The normalized spacial score (nSPS) is 10.8. The van der Waals surface area contributed by atoms with E-state index in [-0.39, 0.29) is 0 Å². The van der Waals surface area contributed by atoms with E-state index in [0.717, 1.165) is 22.4 Å². The lowest BCUT2D eigenvalue weighted by atomic mass is 10.2. The van der Waals surface area contributed by atoms with Crippen LogP contribution in [-0.4, -0.2) is 19.9 Å². The van der Waals surface area contributed by atoms with E-state index >= 15 is 0 Å². The molecule has 5 nitrogen and oxygen atoms in total. The van der Waals surface area contributed by atoms with Gasteiger partial charge in [-0.1, -0.05) is 47.5 Å². The molecular weight excluding hydrogens is 435 g/mol. The van der Waals surface area contributed by atoms with Gasteiger partial charge in [0.25, 0.3) is 0 Å². The van der Waals surface area contributed by atoms with Crippen LogP contribution in [0.4, 0.5) is 0 Å². The van der Waals surface area contributed by atoms with Gasteiger partial charge in [0, 0.05) is 21.2 Å². The number of hydrogen-bond acceptors (Lipinski definition) is 5. The van der Waals surface area contributed by atoms with Crippen molar-refractivity contribution in [3.63, 3.8) is 0 Å². The van der Waals surface area contributed by atoms with Crippen LogP contribution >= 0.6 is 23.2 Å². The van der Waals surface area contributed by atoms with Gasteiger partial charge in [0.2, 0.25) is 0 Å². The average molecular weight is 459 g/mol. The highest BCUT2D eigenvalue weighted by Gasteiger charge is 2.08. The van der Waals surface area contributed by atoms with Crippen molar-refractivity contribution in [3.05, 3.63) is 87.4 Å². The maximum Gasteiger partial charge on any atom is 0.161 e. The molecule has 0 amide bonds. The van der Waals surface area contributed by atoms with Gasteiger partial charge in [0.05, 0.1) is 26.5 Å². The summed E-state index contributed by atoms with van der Waals surface area (Å²) < 4.78 is 17.0. The van der Waals surface area contributed by atoms with Crippen LogP contribution in [0.25, 0.3) is 0 Å². The molecule has 0 aliphatic heterocycles. The van der Waals surface area contributed by atoms with Gasteiger partial charge in [-0.2, -0.15) is 5.10 Å². The van der Waals surface area contributed by atoms with Crippen LogP contribution in [0.3, 0.4) is 0 Å². The summed E-state index contributed by atoms with van der Waals surface area (Å²) >= 11 is 12.2. The molecule has 0 saturated carbocycles. The molecule has 0 aliphatic rings. The molecule has 0 atom stereocenters. The summed E-state index contributed by atoms with van der Waals surface area (Å²) in [7, 11) is 1.65. The summed E-state index contributed by atoms with van der Waals surface area (Å²) in [4.78, 5) is 0. The Bertz CT molecular complexity index is 1040. The van der Waals surface area contributed by atoms with Crippen molar-refractivity contribution in [2.45, 2.75) is 20.1 Å². The van der Waals surface area contributed by atoms with Crippen molar-refractivity contribution in [1.82, 2.24) is 5.43 Å². The largest absolute Gasteiger partial charge is 0.496 e. The van der Waals surface area contributed by atoms with Crippen molar-refractivity contribution in [1.29, 1.82) is 0 Å². The molecule has 162 valence electrons. The van der Waals surface area contributed by atoms with Gasteiger partial charge in [-0.25, -0.2) is 0 Å². The van der Waals surface area contributed by atoms with E-state index in [1.165, 1.54) is 0 Å². The highest BCUT2D eigenvalue weighted by atomic mass is 35.5. The SMILES string of the molecule is CCOc1cc(/C=N/NCc2ccccc2OC)ccc1OCc1ccc(Cl)cc1Cl. The Labute approximate surface area is 192 Å². The summed E-state index contributed by atoms with van der Waals surface area (Å²) in [6.45, 7) is 3.31. The fourth-order valence-corrected chi connectivity index (χ4v) is 3.35. The Morgan fingerprint density at radius 1 is 0.903 bits per heavy atom. The molecule has 3 aromatic carbocycles. The maximum absolute atomic E-state index is 6.23. The fourth-order valence-electron chi connectivity index (χ4n) is 2.89. The zero-order valence-corrected chi connectivity index (χ0v) is 18.9. The summed E-state index contributed by atoms with van der Waals surface area (Å²) in [6, 6.07) is 18.8. The third kappa shape index (κ3) is 6.54. The lowest BCUT2D eigenvalue weighted by molar-refractivity contribution is 0.269. The highest BCUT2D eigenvalue weighted by molar-refractivity contribution is 6.35. The maximum atomic E-state index is 6.23. The van der Waals surface area contributed by atoms with Crippen molar-refractivity contribution in [3.8, 4) is 17.2 Å². The molecule has 31 heavy (non-hydrogen) atoms. The minimum atomic E-state index is 0.310. The Morgan fingerprint density at radius 2 is 1.74 bits per heavy atom. The molecule has 0 bridgehead atoms. The van der Waals surface area contributed by atoms with E-state index in [4.69, 9.17) is 37.4 Å². The first-order chi connectivity index (χ1) is 15.1. The van der Waals surface area contributed by atoms with Crippen molar-refractivity contribution >= 4 is 29.4 Å². The first-order valence-corrected chi connectivity index (χ1v) is 10.6. The second kappa shape index (κ2) is 11.5. The van der Waals surface area contributed by atoms with Gasteiger partial charge in [-0.05, 0) is 48.9 Å². The number of para-hydroxylation sites is 1. The van der Waals surface area contributed by atoms with Gasteiger partial charge in [-0.3, -0.25) is 0 Å². The Hall–Kier alpha value is -2.89. The number of rotatable bonds is 10. The first-order valence-electron chi connectivity index (χ1n) is 9.82. The van der Waals surface area contributed by atoms with E-state index in [9.17, 15) is 0 Å². The monoisotopic (exact) mass is 458 g/mol. The second-order valence-electron chi connectivity index (χ2n) is 6.57. The predicted molar refractivity (Wildman–Crippen MR) is 126 cm³/mol. The smallest absolute Gasteiger partial charge is 0.161 e. The molecule has 1 N–H and O–H groups in total. The van der Waals surface area contributed by atoms with Gasteiger partial charge >= 0.3 is 0 Å². The third-order valence-electron chi connectivity index (χ3n) is 4.43. The molecule has 0 radical (unpaired) electrons. The summed E-state index contributed by atoms with van der Waals surface area (Å²) in [5.74, 6) is 2.10. The first kappa shape index (κ1) is 22.8. The Kier molecular flexibility index (Phi) is 8.44. The number of benzene rings is 3. The molecular formula is C24H24Cl2N2O3. The van der Waals surface area contributed by atoms with E-state index in [1.807, 2.05) is 55.5 Å². The van der Waals surface area contributed by atoms with Crippen LogP contribution in [0.2, 0.25) is 10.0 Å². The molecule has 3 rings (SSSR count).